The number of likely N-dealkylation sites (N-methyl/N-ethyl adjacent to an activating group) is 1. The largest absolute Gasteiger partial charge is 0.380 e. The molecule has 0 saturated carbocycles. The van der Waals surface area contributed by atoms with Crippen molar-refractivity contribution in [3.63, 3.8) is 0 Å². The second-order valence-electron chi connectivity index (χ2n) is 4.39. The van der Waals surface area contributed by atoms with E-state index in [9.17, 15) is 0 Å². The monoisotopic (exact) mass is 236 g/mol. The van der Waals surface area contributed by atoms with E-state index in [0.29, 0.717) is 0 Å². The average molecular weight is 236 g/mol. The van der Waals surface area contributed by atoms with Crippen LogP contribution in [0.4, 0.5) is 0 Å². The van der Waals surface area contributed by atoms with Crippen molar-refractivity contribution >= 4 is 0 Å². The Balaban J connectivity index is 2.66. The van der Waals surface area contributed by atoms with Gasteiger partial charge in [-0.1, -0.05) is 30.3 Å². The Morgan fingerprint density at radius 1 is 1.29 bits per heavy atom. The van der Waals surface area contributed by atoms with Gasteiger partial charge in [0.2, 0.25) is 0 Å². The van der Waals surface area contributed by atoms with Crippen LogP contribution in [0.25, 0.3) is 0 Å². The van der Waals surface area contributed by atoms with Crippen molar-refractivity contribution in [3.05, 3.63) is 35.9 Å². The molecule has 0 aliphatic rings. The SMILES string of the molecule is CCOCCN(C)C(c1ccccc1)C(C)N. The highest BCUT2D eigenvalue weighted by Crippen LogP contribution is 2.21. The molecule has 2 unspecified atom stereocenters. The van der Waals surface area contributed by atoms with Crippen molar-refractivity contribution in [1.29, 1.82) is 0 Å². The maximum atomic E-state index is 6.09. The Labute approximate surface area is 105 Å². The highest BCUT2D eigenvalue weighted by Gasteiger charge is 2.20. The molecule has 2 atom stereocenters. The fourth-order valence-corrected chi connectivity index (χ4v) is 2.10. The van der Waals surface area contributed by atoms with Crippen molar-refractivity contribution in [2.75, 3.05) is 26.8 Å². The standard InChI is InChI=1S/C14H24N2O/c1-4-17-11-10-16(3)14(12(2)15)13-8-6-5-7-9-13/h5-9,12,14H,4,10-11,15H2,1-3H3. The van der Waals surface area contributed by atoms with Gasteiger partial charge in [-0.25, -0.2) is 0 Å². The highest BCUT2D eigenvalue weighted by atomic mass is 16.5. The minimum atomic E-state index is 0.101. The van der Waals surface area contributed by atoms with Crippen molar-refractivity contribution < 1.29 is 4.74 Å². The van der Waals surface area contributed by atoms with Crippen LogP contribution in [0.15, 0.2) is 30.3 Å². The molecule has 0 spiro atoms. The quantitative estimate of drug-likeness (QED) is 0.736. The van der Waals surface area contributed by atoms with Gasteiger partial charge in [0.25, 0.3) is 0 Å². The maximum absolute atomic E-state index is 6.09. The van der Waals surface area contributed by atoms with Gasteiger partial charge < -0.3 is 10.5 Å². The van der Waals surface area contributed by atoms with Gasteiger partial charge in [0, 0.05) is 25.2 Å². The fourth-order valence-electron chi connectivity index (χ4n) is 2.10. The number of rotatable bonds is 7. The second-order valence-corrected chi connectivity index (χ2v) is 4.39. The summed E-state index contributed by atoms with van der Waals surface area (Å²) < 4.78 is 5.39. The molecule has 0 bridgehead atoms. The predicted molar refractivity (Wildman–Crippen MR) is 72.0 cm³/mol. The molecule has 2 N–H and O–H groups in total. The van der Waals surface area contributed by atoms with Crippen molar-refractivity contribution in [2.45, 2.75) is 25.9 Å². The van der Waals surface area contributed by atoms with Gasteiger partial charge >= 0.3 is 0 Å². The minimum absolute atomic E-state index is 0.101. The smallest absolute Gasteiger partial charge is 0.0593 e. The lowest BCUT2D eigenvalue weighted by Crippen LogP contribution is -2.38. The molecule has 1 aromatic carbocycles. The molecule has 17 heavy (non-hydrogen) atoms. The normalized spacial score (nSPS) is 14.9. The number of nitrogens with two attached hydrogens (primary N) is 1. The first kappa shape index (κ1) is 14.2. The summed E-state index contributed by atoms with van der Waals surface area (Å²) in [6, 6.07) is 10.8. The number of hydrogen-bond acceptors (Lipinski definition) is 3. The van der Waals surface area contributed by atoms with Crippen LogP contribution in [0, 0.1) is 0 Å². The number of ether oxygens (including phenoxy) is 1. The lowest BCUT2D eigenvalue weighted by molar-refractivity contribution is 0.102. The highest BCUT2D eigenvalue weighted by molar-refractivity contribution is 5.20. The van der Waals surface area contributed by atoms with Crippen molar-refractivity contribution in [3.8, 4) is 0 Å². The van der Waals surface area contributed by atoms with Crippen LogP contribution in [0.1, 0.15) is 25.5 Å². The summed E-state index contributed by atoms with van der Waals surface area (Å²) in [6.07, 6.45) is 0. The fraction of sp³-hybridized carbons (Fsp3) is 0.571. The third-order valence-corrected chi connectivity index (χ3v) is 2.91. The van der Waals surface area contributed by atoms with Gasteiger partial charge in [0.1, 0.15) is 0 Å². The van der Waals surface area contributed by atoms with E-state index in [1.165, 1.54) is 5.56 Å². The first-order valence-corrected chi connectivity index (χ1v) is 6.25. The maximum Gasteiger partial charge on any atom is 0.0593 e. The molecule has 0 heterocycles. The van der Waals surface area contributed by atoms with E-state index >= 15 is 0 Å². The van der Waals surface area contributed by atoms with Crippen molar-refractivity contribution in [2.24, 2.45) is 5.73 Å². The van der Waals surface area contributed by atoms with Crippen LogP contribution in [-0.4, -0.2) is 37.7 Å². The molecule has 1 rings (SSSR count). The van der Waals surface area contributed by atoms with Gasteiger partial charge in [0.05, 0.1) is 6.61 Å². The zero-order valence-corrected chi connectivity index (χ0v) is 11.1. The van der Waals surface area contributed by atoms with E-state index in [2.05, 4.69) is 43.1 Å². The van der Waals surface area contributed by atoms with Gasteiger partial charge in [0.15, 0.2) is 0 Å². The molecule has 0 aromatic heterocycles. The third-order valence-electron chi connectivity index (χ3n) is 2.91. The minimum Gasteiger partial charge on any atom is -0.380 e. The molecule has 3 nitrogen and oxygen atoms in total. The first-order chi connectivity index (χ1) is 8.16. The Morgan fingerprint density at radius 3 is 2.47 bits per heavy atom. The van der Waals surface area contributed by atoms with Crippen LogP contribution < -0.4 is 5.73 Å². The van der Waals surface area contributed by atoms with E-state index in [0.717, 1.165) is 19.8 Å². The molecule has 0 radical (unpaired) electrons. The summed E-state index contributed by atoms with van der Waals surface area (Å²) in [7, 11) is 2.10. The molecule has 0 aliphatic carbocycles. The molecular weight excluding hydrogens is 212 g/mol. The van der Waals surface area contributed by atoms with Gasteiger partial charge in [-0.2, -0.15) is 0 Å². The van der Waals surface area contributed by atoms with Crippen LogP contribution in [-0.2, 0) is 4.74 Å². The third kappa shape index (κ3) is 4.46. The van der Waals surface area contributed by atoms with Crippen LogP contribution in [0.2, 0.25) is 0 Å². The van der Waals surface area contributed by atoms with Crippen molar-refractivity contribution in [1.82, 2.24) is 4.90 Å². The average Bonchev–Trinajstić information content (AvgIpc) is 2.30. The summed E-state index contributed by atoms with van der Waals surface area (Å²) in [5, 5.41) is 0. The molecule has 0 amide bonds. The van der Waals surface area contributed by atoms with E-state index < -0.39 is 0 Å². The molecule has 0 fully saturated rings. The van der Waals surface area contributed by atoms with Crippen LogP contribution in [0.5, 0.6) is 0 Å². The summed E-state index contributed by atoms with van der Waals surface area (Å²) in [5.74, 6) is 0. The molecular formula is C14H24N2O. The molecule has 96 valence electrons. The van der Waals surface area contributed by atoms with Gasteiger partial charge in [-0.3, -0.25) is 4.90 Å². The topological polar surface area (TPSA) is 38.5 Å². The molecule has 0 aliphatic heterocycles. The number of hydrogen-bond donors (Lipinski definition) is 1. The number of nitrogens with zero attached hydrogens (tertiary/aromatic N) is 1. The summed E-state index contributed by atoms with van der Waals surface area (Å²) in [5.41, 5.74) is 7.36. The number of benzene rings is 1. The summed E-state index contributed by atoms with van der Waals surface area (Å²) in [6.45, 7) is 6.48. The van der Waals surface area contributed by atoms with E-state index in [1.54, 1.807) is 0 Å². The van der Waals surface area contributed by atoms with E-state index in [1.807, 2.05) is 13.0 Å². The van der Waals surface area contributed by atoms with E-state index in [-0.39, 0.29) is 12.1 Å². The van der Waals surface area contributed by atoms with Gasteiger partial charge in [-0.15, -0.1) is 0 Å². The Morgan fingerprint density at radius 2 is 1.94 bits per heavy atom. The second kappa shape index (κ2) is 7.43. The zero-order chi connectivity index (χ0) is 12.7. The Kier molecular flexibility index (Phi) is 6.19. The van der Waals surface area contributed by atoms with E-state index in [4.69, 9.17) is 10.5 Å². The summed E-state index contributed by atoms with van der Waals surface area (Å²) in [4.78, 5) is 2.26. The Bertz CT molecular complexity index is 300. The molecule has 3 heteroatoms. The molecule has 1 aromatic rings. The zero-order valence-electron chi connectivity index (χ0n) is 11.1. The van der Waals surface area contributed by atoms with Gasteiger partial charge in [-0.05, 0) is 26.5 Å². The lowest BCUT2D eigenvalue weighted by Gasteiger charge is -2.31. The van der Waals surface area contributed by atoms with Crippen LogP contribution >= 0.6 is 0 Å². The Hall–Kier alpha value is -0.900. The van der Waals surface area contributed by atoms with Crippen LogP contribution in [0.3, 0.4) is 0 Å². The predicted octanol–water partition coefficient (Wildman–Crippen LogP) is 2.04. The lowest BCUT2D eigenvalue weighted by atomic mass is 10.00. The first-order valence-electron chi connectivity index (χ1n) is 6.25. The molecule has 0 saturated heterocycles. The summed E-state index contributed by atoms with van der Waals surface area (Å²) >= 11 is 0.